The van der Waals surface area contributed by atoms with Gasteiger partial charge in [-0.1, -0.05) is 0 Å². The van der Waals surface area contributed by atoms with Gasteiger partial charge in [-0.25, -0.2) is 0 Å². The Morgan fingerprint density at radius 1 is 0.842 bits per heavy atom. The molecule has 0 aliphatic carbocycles. The predicted octanol–water partition coefficient (Wildman–Crippen LogP) is 0.306. The number of nitrogens with zero attached hydrogens (tertiary/aromatic N) is 1. The Kier molecular flexibility index (Phi) is 99.0. The molecule has 123 valence electrons. The van der Waals surface area contributed by atoms with Gasteiger partial charge >= 0.3 is 0 Å². The van der Waals surface area contributed by atoms with Crippen molar-refractivity contribution in [2.75, 3.05) is 46.6 Å². The van der Waals surface area contributed by atoms with Crippen molar-refractivity contribution >= 4 is 0 Å². The van der Waals surface area contributed by atoms with Gasteiger partial charge in [-0.05, 0) is 27.7 Å². The quantitative estimate of drug-likeness (QED) is 0.395. The third kappa shape index (κ3) is 119. The molecule has 1 saturated heterocycles. The van der Waals surface area contributed by atoms with E-state index < -0.39 is 0 Å². The van der Waals surface area contributed by atoms with Crippen molar-refractivity contribution < 1.29 is 47.6 Å². The zero-order chi connectivity index (χ0) is 14.5. The summed E-state index contributed by atoms with van der Waals surface area (Å²) in [7, 11) is 1.92. The average Bonchev–Trinajstić information content (AvgIpc) is 2.19. The van der Waals surface area contributed by atoms with Crippen LogP contribution in [0.15, 0.2) is 0 Å². The molecular formula is C12H34NO5Ta-. The smallest absolute Gasteiger partial charge is 0.0835 e. The average molecular weight is 453 g/mol. The molecule has 0 aromatic heterocycles. The van der Waals surface area contributed by atoms with Crippen molar-refractivity contribution in [1.82, 2.24) is 5.06 Å². The van der Waals surface area contributed by atoms with Gasteiger partial charge in [0.1, 0.15) is 0 Å². The van der Waals surface area contributed by atoms with Gasteiger partial charge in [0.2, 0.25) is 0 Å². The predicted molar refractivity (Wildman–Crippen MR) is 76.0 cm³/mol. The first-order valence-corrected chi connectivity index (χ1v) is 5.83. The second-order valence-corrected chi connectivity index (χ2v) is 2.45. The molecule has 0 amide bonds. The summed E-state index contributed by atoms with van der Waals surface area (Å²) in [5, 5.41) is 32.1. The van der Waals surface area contributed by atoms with Gasteiger partial charge in [0.15, 0.2) is 0 Å². The van der Waals surface area contributed by atoms with E-state index in [9.17, 15) is 0 Å². The molecule has 0 aromatic carbocycles. The second-order valence-electron chi connectivity index (χ2n) is 2.45. The molecule has 0 unspecified atom stereocenters. The third-order valence-electron chi connectivity index (χ3n) is 0.718. The fraction of sp³-hybridized carbons (Fsp3) is 0.917. The van der Waals surface area contributed by atoms with Crippen LogP contribution < -0.4 is 0 Å². The Morgan fingerprint density at radius 2 is 0.947 bits per heavy atom. The van der Waals surface area contributed by atoms with Crippen LogP contribution in [0.1, 0.15) is 27.7 Å². The van der Waals surface area contributed by atoms with Crippen molar-refractivity contribution in [3.05, 3.63) is 7.43 Å². The summed E-state index contributed by atoms with van der Waals surface area (Å²) in [4.78, 5) is 4.76. The van der Waals surface area contributed by atoms with Gasteiger partial charge in [-0.2, -0.15) is 5.06 Å². The molecule has 1 aliphatic rings. The number of hydrogen-bond acceptors (Lipinski definition) is 6. The van der Waals surface area contributed by atoms with Gasteiger partial charge < -0.3 is 27.9 Å². The molecule has 4 N–H and O–H groups in total. The van der Waals surface area contributed by atoms with Crippen LogP contribution in [0.3, 0.4) is 0 Å². The zero-order valence-electron chi connectivity index (χ0n) is 13.3. The summed E-state index contributed by atoms with van der Waals surface area (Å²) in [6.45, 7) is 9.73. The Hall–Kier alpha value is 0.500. The van der Waals surface area contributed by atoms with Gasteiger partial charge in [-0.3, -0.25) is 4.84 Å². The third-order valence-corrected chi connectivity index (χ3v) is 0.718. The number of likely N-dealkylation sites (N-methyl/N-ethyl adjacent to an activating group) is 1. The van der Waals surface area contributed by atoms with E-state index in [0.29, 0.717) is 0 Å². The van der Waals surface area contributed by atoms with Gasteiger partial charge in [0.05, 0.1) is 6.61 Å². The zero-order valence-corrected chi connectivity index (χ0v) is 16.5. The minimum atomic E-state index is 0. The van der Waals surface area contributed by atoms with Crippen LogP contribution in [0.2, 0.25) is 0 Å². The molecular weight excluding hydrogens is 419 g/mol. The summed E-state index contributed by atoms with van der Waals surface area (Å²) in [6.07, 6.45) is 0. The second kappa shape index (κ2) is 51.4. The van der Waals surface area contributed by atoms with E-state index in [0.717, 1.165) is 13.2 Å². The van der Waals surface area contributed by atoms with Crippen molar-refractivity contribution in [2.45, 2.75) is 27.7 Å². The summed E-state index contributed by atoms with van der Waals surface area (Å²) in [6, 6.07) is 0. The first-order valence-electron chi connectivity index (χ1n) is 5.83. The molecule has 6 nitrogen and oxygen atoms in total. The first kappa shape index (κ1) is 36.6. The molecule has 1 heterocycles. The maximum absolute atomic E-state index is 7.57. The molecule has 0 bridgehead atoms. The fourth-order valence-electron chi connectivity index (χ4n) is 0.274. The molecule has 1 rings (SSSR count). The number of aliphatic hydroxyl groups is 4. The molecule has 1 fully saturated rings. The van der Waals surface area contributed by atoms with E-state index in [2.05, 4.69) is 0 Å². The van der Waals surface area contributed by atoms with Gasteiger partial charge in [0.25, 0.3) is 0 Å². The Bertz CT molecular complexity index is 80.5. The number of rotatable bonds is 0. The normalized spacial score (nSPS) is 10.6. The summed E-state index contributed by atoms with van der Waals surface area (Å²) in [5.74, 6) is 0. The number of hydrogen-bond donors (Lipinski definition) is 4. The van der Waals surface area contributed by atoms with E-state index in [-0.39, 0.29) is 56.2 Å². The van der Waals surface area contributed by atoms with Crippen LogP contribution >= 0.6 is 0 Å². The molecule has 0 aromatic rings. The summed E-state index contributed by atoms with van der Waals surface area (Å²) >= 11 is 0. The van der Waals surface area contributed by atoms with Crippen LogP contribution in [-0.4, -0.2) is 72.1 Å². The fourth-order valence-corrected chi connectivity index (χ4v) is 0.274. The monoisotopic (exact) mass is 453 g/mol. The molecule has 1 radical (unpaired) electrons. The maximum Gasteiger partial charge on any atom is 0.0835 e. The van der Waals surface area contributed by atoms with E-state index in [4.69, 9.17) is 25.3 Å². The molecule has 0 spiro atoms. The Morgan fingerprint density at radius 3 is 0.947 bits per heavy atom. The maximum atomic E-state index is 7.57. The van der Waals surface area contributed by atoms with E-state index in [1.54, 1.807) is 32.8 Å². The van der Waals surface area contributed by atoms with E-state index in [1.807, 2.05) is 7.05 Å². The standard InChI is InChI=1S/C3H7NO.4C2H6O.CH3.Ta/c1-4-2-3-5-4;4*1-2-3;;/h2-3H2,1H3;4*3H,2H2,1H3;1H3;/q;;;;;-1;. The minimum absolute atomic E-state index is 0. The largest absolute Gasteiger partial charge is 0.397 e. The first-order chi connectivity index (χ1) is 8.05. The van der Waals surface area contributed by atoms with Crippen molar-refractivity contribution in [3.8, 4) is 0 Å². The summed E-state index contributed by atoms with van der Waals surface area (Å²) < 4.78 is 0. The van der Waals surface area contributed by atoms with Crippen LogP contribution in [0, 0.1) is 7.43 Å². The molecule has 19 heavy (non-hydrogen) atoms. The number of aliphatic hydroxyl groups excluding tert-OH is 4. The van der Waals surface area contributed by atoms with Crippen LogP contribution in [0.25, 0.3) is 0 Å². The van der Waals surface area contributed by atoms with Crippen LogP contribution in [0.5, 0.6) is 0 Å². The van der Waals surface area contributed by atoms with Crippen molar-refractivity contribution in [3.63, 3.8) is 0 Å². The molecule has 7 heteroatoms. The van der Waals surface area contributed by atoms with Crippen LogP contribution in [0.4, 0.5) is 0 Å². The SMILES string of the molecule is CCO.CCO.CCO.CCO.CN1CCO1.[CH3-].[Ta]. The Balaban J connectivity index is -0.0000000279. The minimum Gasteiger partial charge on any atom is -0.397 e. The Labute approximate surface area is 134 Å². The van der Waals surface area contributed by atoms with Gasteiger partial charge in [-0.15, -0.1) is 0 Å². The molecule has 1 aliphatic heterocycles. The topological polar surface area (TPSA) is 93.4 Å². The van der Waals surface area contributed by atoms with Crippen LogP contribution in [-0.2, 0) is 27.2 Å². The summed E-state index contributed by atoms with van der Waals surface area (Å²) in [5.41, 5.74) is 0. The molecule has 0 atom stereocenters. The van der Waals surface area contributed by atoms with Crippen molar-refractivity contribution in [1.29, 1.82) is 0 Å². The number of hydroxylamine groups is 2. The van der Waals surface area contributed by atoms with E-state index >= 15 is 0 Å². The van der Waals surface area contributed by atoms with Gasteiger partial charge in [0, 0.05) is 62.4 Å². The molecule has 0 saturated carbocycles. The van der Waals surface area contributed by atoms with Crippen molar-refractivity contribution in [2.24, 2.45) is 0 Å². The van der Waals surface area contributed by atoms with E-state index in [1.165, 1.54) is 0 Å².